The van der Waals surface area contributed by atoms with Gasteiger partial charge in [-0.3, -0.25) is 0 Å². The van der Waals surface area contributed by atoms with Crippen LogP contribution in [0.5, 0.6) is 0 Å². The monoisotopic (exact) mass is 200 g/mol. The summed E-state index contributed by atoms with van der Waals surface area (Å²) in [5.74, 6) is 1.85. The Hall–Kier alpha value is 0. The fraction of sp³-hybridized carbons (Fsp3) is 1.00. The molecule has 0 saturated heterocycles. The van der Waals surface area contributed by atoms with Gasteiger partial charge in [-0.15, -0.1) is 0 Å². The predicted octanol–water partition coefficient (Wildman–Crippen LogP) is 5.67. The van der Waals surface area contributed by atoms with Crippen molar-refractivity contribution >= 4 is 0 Å². The second-order valence-corrected chi connectivity index (χ2v) is 4.84. The van der Waals surface area contributed by atoms with Gasteiger partial charge >= 0.3 is 0 Å². The first kappa shape index (κ1) is 16.4. The smallest absolute Gasteiger partial charge is 0.0446 e. The molecule has 1 atom stereocenters. The molecule has 0 bridgehead atoms. The van der Waals surface area contributed by atoms with E-state index in [-0.39, 0.29) is 0 Å². The van der Waals surface area contributed by atoms with E-state index in [0.717, 1.165) is 11.8 Å². The van der Waals surface area contributed by atoms with Crippen molar-refractivity contribution in [2.45, 2.75) is 80.1 Å². The van der Waals surface area contributed by atoms with Crippen LogP contribution in [0.1, 0.15) is 80.1 Å². The van der Waals surface area contributed by atoms with Crippen molar-refractivity contribution < 1.29 is 0 Å². The molecule has 0 nitrogen and oxygen atoms in total. The minimum atomic E-state index is 0.903. The Kier molecular flexibility index (Phi) is 15.3. The molecule has 0 fully saturated rings. The average molecular weight is 200 g/mol. The first-order valence-corrected chi connectivity index (χ1v) is 6.58. The van der Waals surface area contributed by atoms with E-state index in [0.29, 0.717) is 0 Å². The topological polar surface area (TPSA) is 0 Å². The summed E-state index contributed by atoms with van der Waals surface area (Å²) in [6, 6.07) is 0. The van der Waals surface area contributed by atoms with Gasteiger partial charge in [0.2, 0.25) is 0 Å². The van der Waals surface area contributed by atoms with E-state index < -0.39 is 0 Å². The van der Waals surface area contributed by atoms with Crippen molar-refractivity contribution in [3.05, 3.63) is 0 Å². The van der Waals surface area contributed by atoms with Crippen LogP contribution in [0, 0.1) is 11.8 Å². The lowest BCUT2D eigenvalue weighted by molar-refractivity contribution is 0.509. The van der Waals surface area contributed by atoms with E-state index in [1.807, 2.05) is 0 Å². The molecule has 0 spiro atoms. The first-order valence-electron chi connectivity index (χ1n) is 6.58. The molecule has 0 aromatic carbocycles. The molecular weight excluding hydrogens is 168 g/mol. The maximum absolute atomic E-state index is 2.31. The van der Waals surface area contributed by atoms with Crippen LogP contribution >= 0.6 is 0 Å². The van der Waals surface area contributed by atoms with E-state index in [1.54, 1.807) is 0 Å². The Labute approximate surface area is 92.5 Å². The second kappa shape index (κ2) is 13.0. The summed E-state index contributed by atoms with van der Waals surface area (Å²) in [7, 11) is 0. The van der Waals surface area contributed by atoms with E-state index >= 15 is 0 Å². The standard InChI is InChI=1S/2C7H16/c1-4-5-6-7(2)3;1-4-6-7(3)5-2/h2*7H,4-6H2,1-3H3. The Morgan fingerprint density at radius 3 is 1.50 bits per heavy atom. The van der Waals surface area contributed by atoms with Crippen molar-refractivity contribution in [1.29, 1.82) is 0 Å². The highest BCUT2D eigenvalue weighted by Crippen LogP contribution is 2.07. The quantitative estimate of drug-likeness (QED) is 0.518. The summed E-state index contributed by atoms with van der Waals surface area (Å²) >= 11 is 0. The molecule has 88 valence electrons. The van der Waals surface area contributed by atoms with Crippen LogP contribution in [-0.4, -0.2) is 0 Å². The molecule has 0 radical (unpaired) electrons. The van der Waals surface area contributed by atoms with Crippen LogP contribution in [0.25, 0.3) is 0 Å². The largest absolute Gasteiger partial charge is 0.0654 e. The summed E-state index contributed by atoms with van der Waals surface area (Å²) < 4.78 is 0. The van der Waals surface area contributed by atoms with Crippen LogP contribution in [0.15, 0.2) is 0 Å². The van der Waals surface area contributed by atoms with Crippen LogP contribution in [0.3, 0.4) is 0 Å². The molecule has 0 aliphatic carbocycles. The zero-order valence-corrected chi connectivity index (χ0v) is 11.4. The molecule has 0 aliphatic heterocycles. The Morgan fingerprint density at radius 2 is 1.36 bits per heavy atom. The minimum Gasteiger partial charge on any atom is -0.0654 e. The molecule has 0 N–H and O–H groups in total. The molecule has 0 saturated carbocycles. The summed E-state index contributed by atoms with van der Waals surface area (Å²) in [6.45, 7) is 13.6. The summed E-state index contributed by atoms with van der Waals surface area (Å²) in [6.07, 6.45) is 8.23. The van der Waals surface area contributed by atoms with E-state index in [4.69, 9.17) is 0 Å². The lowest BCUT2D eigenvalue weighted by Gasteiger charge is -2.02. The summed E-state index contributed by atoms with van der Waals surface area (Å²) in [5.41, 5.74) is 0. The number of rotatable bonds is 6. The third kappa shape index (κ3) is 17.9. The Bertz CT molecular complexity index is 84.0. The Morgan fingerprint density at radius 1 is 0.786 bits per heavy atom. The van der Waals surface area contributed by atoms with Gasteiger partial charge in [0.05, 0.1) is 0 Å². The number of hydrogen-bond donors (Lipinski definition) is 0. The normalized spacial score (nSPS) is 12.2. The Balaban J connectivity index is 0. The second-order valence-electron chi connectivity index (χ2n) is 4.84. The van der Waals surface area contributed by atoms with Crippen molar-refractivity contribution in [1.82, 2.24) is 0 Å². The highest BCUT2D eigenvalue weighted by atomic mass is 14.0. The van der Waals surface area contributed by atoms with Crippen LogP contribution < -0.4 is 0 Å². The lowest BCUT2D eigenvalue weighted by Crippen LogP contribution is -1.88. The molecular formula is C14H32. The average Bonchev–Trinajstić information content (AvgIpc) is 2.16. The molecule has 0 aromatic heterocycles. The lowest BCUT2D eigenvalue weighted by atomic mass is 10.0. The van der Waals surface area contributed by atoms with Crippen molar-refractivity contribution in [3.63, 3.8) is 0 Å². The van der Waals surface area contributed by atoms with Gasteiger partial charge in [0.15, 0.2) is 0 Å². The van der Waals surface area contributed by atoms with Gasteiger partial charge in [-0.2, -0.15) is 0 Å². The maximum Gasteiger partial charge on any atom is -0.0446 e. The van der Waals surface area contributed by atoms with Gasteiger partial charge in [0, 0.05) is 0 Å². The first-order chi connectivity index (χ1) is 6.58. The molecule has 0 rings (SSSR count). The zero-order chi connectivity index (χ0) is 11.4. The van der Waals surface area contributed by atoms with Crippen molar-refractivity contribution in [2.24, 2.45) is 11.8 Å². The highest BCUT2D eigenvalue weighted by molar-refractivity contribution is 4.45. The van der Waals surface area contributed by atoms with E-state index in [1.165, 1.54) is 38.5 Å². The zero-order valence-electron chi connectivity index (χ0n) is 11.4. The third-order valence-electron chi connectivity index (χ3n) is 2.61. The van der Waals surface area contributed by atoms with E-state index in [9.17, 15) is 0 Å². The van der Waals surface area contributed by atoms with Crippen molar-refractivity contribution in [2.75, 3.05) is 0 Å². The van der Waals surface area contributed by atoms with Crippen LogP contribution in [0.4, 0.5) is 0 Å². The number of hydrogen-bond acceptors (Lipinski definition) is 0. The molecule has 0 heterocycles. The van der Waals surface area contributed by atoms with Gasteiger partial charge in [-0.05, 0) is 11.8 Å². The fourth-order valence-corrected chi connectivity index (χ4v) is 1.31. The summed E-state index contributed by atoms with van der Waals surface area (Å²) in [4.78, 5) is 0. The molecule has 0 heteroatoms. The van der Waals surface area contributed by atoms with Gasteiger partial charge in [0.1, 0.15) is 0 Å². The van der Waals surface area contributed by atoms with Gasteiger partial charge in [-0.25, -0.2) is 0 Å². The molecule has 14 heavy (non-hydrogen) atoms. The van der Waals surface area contributed by atoms with Gasteiger partial charge < -0.3 is 0 Å². The summed E-state index contributed by atoms with van der Waals surface area (Å²) in [5, 5.41) is 0. The molecule has 0 aliphatic rings. The molecule has 1 unspecified atom stereocenters. The molecule has 0 amide bonds. The van der Waals surface area contributed by atoms with Gasteiger partial charge in [0.25, 0.3) is 0 Å². The number of unbranched alkanes of at least 4 members (excludes halogenated alkanes) is 1. The SMILES string of the molecule is CCCC(C)CC.CCCCC(C)C. The fourth-order valence-electron chi connectivity index (χ4n) is 1.31. The maximum atomic E-state index is 2.31. The molecule has 0 aromatic rings. The van der Waals surface area contributed by atoms with Crippen LogP contribution in [-0.2, 0) is 0 Å². The minimum absolute atomic E-state index is 0.903. The van der Waals surface area contributed by atoms with E-state index in [2.05, 4.69) is 41.5 Å². The predicted molar refractivity (Wildman–Crippen MR) is 68.7 cm³/mol. The van der Waals surface area contributed by atoms with Gasteiger partial charge in [-0.1, -0.05) is 80.1 Å². The third-order valence-corrected chi connectivity index (χ3v) is 2.61. The van der Waals surface area contributed by atoms with Crippen molar-refractivity contribution in [3.8, 4) is 0 Å². The van der Waals surface area contributed by atoms with Crippen LogP contribution in [0.2, 0.25) is 0 Å². The highest BCUT2D eigenvalue weighted by Gasteiger charge is 1.92.